The molecule has 1 heterocycles. The summed E-state index contributed by atoms with van der Waals surface area (Å²) in [6.45, 7) is 1.94. The summed E-state index contributed by atoms with van der Waals surface area (Å²) in [6, 6.07) is 14.9. The number of nitrogens with one attached hydrogen (secondary N) is 1. The number of hydrogen-bond acceptors (Lipinski definition) is 4. The number of aryl methyl sites for hydroxylation is 1. The SMILES string of the molecule is COc1ccc(NC(=O)COc2ccc(C)cc2)c2cccnc12. The quantitative estimate of drug-likeness (QED) is 0.780. The van der Waals surface area contributed by atoms with Gasteiger partial charge in [-0.1, -0.05) is 17.7 Å². The van der Waals surface area contributed by atoms with Crippen LogP contribution in [0.5, 0.6) is 11.5 Å². The third-order valence-electron chi connectivity index (χ3n) is 3.62. The Morgan fingerprint density at radius 1 is 1.12 bits per heavy atom. The molecule has 3 rings (SSSR count). The Morgan fingerprint density at radius 2 is 1.92 bits per heavy atom. The van der Waals surface area contributed by atoms with Gasteiger partial charge in [-0.3, -0.25) is 9.78 Å². The molecule has 0 aliphatic heterocycles. The lowest BCUT2D eigenvalue weighted by Gasteiger charge is -2.11. The van der Waals surface area contributed by atoms with Gasteiger partial charge in [-0.25, -0.2) is 0 Å². The number of pyridine rings is 1. The smallest absolute Gasteiger partial charge is 0.262 e. The number of hydrogen-bond donors (Lipinski definition) is 1. The van der Waals surface area contributed by atoms with Gasteiger partial charge in [0, 0.05) is 11.6 Å². The van der Waals surface area contributed by atoms with Crippen LogP contribution in [0.1, 0.15) is 5.56 Å². The summed E-state index contributed by atoms with van der Waals surface area (Å²) in [5.41, 5.74) is 2.53. The number of benzene rings is 2. The number of anilines is 1. The zero-order valence-electron chi connectivity index (χ0n) is 13.6. The number of methoxy groups -OCH3 is 1. The highest BCUT2D eigenvalue weighted by atomic mass is 16.5. The topological polar surface area (TPSA) is 60.5 Å². The molecular formula is C19H18N2O3. The van der Waals surface area contributed by atoms with Crippen LogP contribution in [-0.4, -0.2) is 24.6 Å². The van der Waals surface area contributed by atoms with Crippen molar-refractivity contribution in [2.24, 2.45) is 0 Å². The highest BCUT2D eigenvalue weighted by Gasteiger charge is 2.10. The summed E-state index contributed by atoms with van der Waals surface area (Å²) < 4.78 is 10.8. The van der Waals surface area contributed by atoms with E-state index in [2.05, 4.69) is 10.3 Å². The van der Waals surface area contributed by atoms with Crippen molar-refractivity contribution in [3.8, 4) is 11.5 Å². The summed E-state index contributed by atoms with van der Waals surface area (Å²) in [5, 5.41) is 3.68. The monoisotopic (exact) mass is 322 g/mol. The molecule has 0 aliphatic rings. The fraction of sp³-hybridized carbons (Fsp3) is 0.158. The maximum Gasteiger partial charge on any atom is 0.262 e. The molecule has 24 heavy (non-hydrogen) atoms. The highest BCUT2D eigenvalue weighted by Crippen LogP contribution is 2.29. The first-order valence-electron chi connectivity index (χ1n) is 7.58. The van der Waals surface area contributed by atoms with Crippen LogP contribution >= 0.6 is 0 Å². The van der Waals surface area contributed by atoms with Gasteiger partial charge in [-0.2, -0.15) is 0 Å². The van der Waals surface area contributed by atoms with Crippen LogP contribution in [0.3, 0.4) is 0 Å². The largest absolute Gasteiger partial charge is 0.494 e. The van der Waals surface area contributed by atoms with E-state index in [-0.39, 0.29) is 12.5 Å². The summed E-state index contributed by atoms with van der Waals surface area (Å²) in [6.07, 6.45) is 1.69. The molecule has 1 N–H and O–H groups in total. The zero-order chi connectivity index (χ0) is 16.9. The first-order valence-corrected chi connectivity index (χ1v) is 7.58. The molecule has 5 nitrogen and oxygen atoms in total. The minimum atomic E-state index is -0.231. The molecule has 0 atom stereocenters. The number of nitrogens with zero attached hydrogens (tertiary/aromatic N) is 1. The van der Waals surface area contributed by atoms with E-state index in [9.17, 15) is 4.79 Å². The fourth-order valence-corrected chi connectivity index (χ4v) is 2.39. The van der Waals surface area contributed by atoms with Crippen LogP contribution in [0.25, 0.3) is 10.9 Å². The Hall–Kier alpha value is -3.08. The van der Waals surface area contributed by atoms with Crippen molar-refractivity contribution < 1.29 is 14.3 Å². The van der Waals surface area contributed by atoms with Crippen LogP contribution < -0.4 is 14.8 Å². The van der Waals surface area contributed by atoms with E-state index in [4.69, 9.17) is 9.47 Å². The summed E-state index contributed by atoms with van der Waals surface area (Å²) in [5.74, 6) is 1.10. The van der Waals surface area contributed by atoms with Gasteiger partial charge < -0.3 is 14.8 Å². The van der Waals surface area contributed by atoms with E-state index in [1.165, 1.54) is 0 Å². The molecule has 1 aromatic heterocycles. The van der Waals surface area contributed by atoms with Gasteiger partial charge in [-0.15, -0.1) is 0 Å². The van der Waals surface area contributed by atoms with Crippen LogP contribution in [0.4, 0.5) is 5.69 Å². The number of amides is 1. The van der Waals surface area contributed by atoms with Crippen molar-refractivity contribution in [2.45, 2.75) is 6.92 Å². The minimum Gasteiger partial charge on any atom is -0.494 e. The van der Waals surface area contributed by atoms with Gasteiger partial charge in [0.2, 0.25) is 0 Å². The molecule has 0 spiro atoms. The van der Waals surface area contributed by atoms with Crippen LogP contribution in [-0.2, 0) is 4.79 Å². The molecular weight excluding hydrogens is 304 g/mol. The fourth-order valence-electron chi connectivity index (χ4n) is 2.39. The van der Waals surface area contributed by atoms with Gasteiger partial charge >= 0.3 is 0 Å². The van der Waals surface area contributed by atoms with Gasteiger partial charge in [0.1, 0.15) is 17.0 Å². The highest BCUT2D eigenvalue weighted by molar-refractivity contribution is 6.03. The number of aromatic nitrogens is 1. The standard InChI is InChI=1S/C19H18N2O3/c1-13-5-7-14(8-6-13)24-12-18(22)21-16-9-10-17(23-2)19-15(16)4-3-11-20-19/h3-11H,12H2,1-2H3,(H,21,22). The van der Waals surface area contributed by atoms with Crippen molar-refractivity contribution >= 4 is 22.5 Å². The minimum absolute atomic E-state index is 0.0587. The molecule has 1 amide bonds. The van der Waals surface area contributed by atoms with Crippen LogP contribution in [0.15, 0.2) is 54.7 Å². The number of carbonyl (C=O) groups excluding carboxylic acids is 1. The third kappa shape index (κ3) is 3.46. The van der Waals surface area contributed by atoms with Crippen molar-refractivity contribution in [3.63, 3.8) is 0 Å². The van der Waals surface area contributed by atoms with Crippen molar-refractivity contribution in [1.29, 1.82) is 0 Å². The average Bonchev–Trinajstić information content (AvgIpc) is 2.61. The molecule has 122 valence electrons. The second-order valence-corrected chi connectivity index (χ2v) is 5.36. The molecule has 0 fully saturated rings. The first-order chi connectivity index (χ1) is 11.7. The van der Waals surface area contributed by atoms with E-state index in [1.807, 2.05) is 43.3 Å². The number of ether oxygens (including phenoxy) is 2. The van der Waals surface area contributed by atoms with Gasteiger partial charge in [-0.05, 0) is 43.3 Å². The first kappa shape index (κ1) is 15.8. The molecule has 0 unspecified atom stereocenters. The Morgan fingerprint density at radius 3 is 2.67 bits per heavy atom. The van der Waals surface area contributed by atoms with Gasteiger partial charge in [0.25, 0.3) is 5.91 Å². The van der Waals surface area contributed by atoms with Crippen LogP contribution in [0, 0.1) is 6.92 Å². The van der Waals surface area contributed by atoms with Crippen molar-refractivity contribution in [2.75, 3.05) is 19.0 Å². The lowest BCUT2D eigenvalue weighted by molar-refractivity contribution is -0.118. The van der Waals surface area contributed by atoms with E-state index >= 15 is 0 Å². The summed E-state index contributed by atoms with van der Waals surface area (Å²) in [7, 11) is 1.59. The maximum atomic E-state index is 12.2. The molecule has 0 saturated carbocycles. The average molecular weight is 322 g/mol. The summed E-state index contributed by atoms with van der Waals surface area (Å²) in [4.78, 5) is 16.5. The van der Waals surface area contributed by atoms with E-state index in [0.717, 1.165) is 10.9 Å². The Kier molecular flexibility index (Phi) is 4.61. The third-order valence-corrected chi connectivity index (χ3v) is 3.62. The lowest BCUT2D eigenvalue weighted by Crippen LogP contribution is -2.20. The predicted octanol–water partition coefficient (Wildman–Crippen LogP) is 3.57. The zero-order valence-corrected chi connectivity index (χ0v) is 13.6. The normalized spacial score (nSPS) is 10.4. The molecule has 0 aliphatic carbocycles. The lowest BCUT2D eigenvalue weighted by atomic mass is 10.1. The molecule has 5 heteroatoms. The van der Waals surface area contributed by atoms with Gasteiger partial charge in [0.15, 0.2) is 6.61 Å². The van der Waals surface area contributed by atoms with Crippen molar-refractivity contribution in [3.05, 3.63) is 60.3 Å². The van der Waals surface area contributed by atoms with E-state index in [1.54, 1.807) is 25.4 Å². The number of rotatable bonds is 5. The van der Waals surface area contributed by atoms with Gasteiger partial charge in [0.05, 0.1) is 12.8 Å². The molecule has 0 bridgehead atoms. The number of fused-ring (bicyclic) bond motifs is 1. The molecule has 3 aromatic rings. The number of carbonyl (C=O) groups is 1. The summed E-state index contributed by atoms with van der Waals surface area (Å²) >= 11 is 0. The Bertz CT molecular complexity index is 860. The van der Waals surface area contributed by atoms with Crippen molar-refractivity contribution in [1.82, 2.24) is 4.98 Å². The second kappa shape index (κ2) is 7.00. The van der Waals surface area contributed by atoms with E-state index in [0.29, 0.717) is 22.7 Å². The maximum absolute atomic E-state index is 12.2. The Balaban J connectivity index is 1.72. The van der Waals surface area contributed by atoms with Crippen LogP contribution in [0.2, 0.25) is 0 Å². The van der Waals surface area contributed by atoms with E-state index < -0.39 is 0 Å². The molecule has 2 aromatic carbocycles. The molecule has 0 radical (unpaired) electrons. The second-order valence-electron chi connectivity index (χ2n) is 5.36. The Labute approximate surface area is 140 Å². The molecule has 0 saturated heterocycles. The predicted molar refractivity (Wildman–Crippen MR) is 93.6 cm³/mol.